The van der Waals surface area contributed by atoms with Crippen molar-refractivity contribution < 1.29 is 4.39 Å². The van der Waals surface area contributed by atoms with Crippen LogP contribution in [0.4, 0.5) is 10.1 Å². The van der Waals surface area contributed by atoms with Gasteiger partial charge in [-0.05, 0) is 49.9 Å². The molecule has 0 saturated carbocycles. The van der Waals surface area contributed by atoms with E-state index in [2.05, 4.69) is 44.3 Å². The molecule has 0 heterocycles. The van der Waals surface area contributed by atoms with Gasteiger partial charge in [0.1, 0.15) is 5.82 Å². The summed E-state index contributed by atoms with van der Waals surface area (Å²) < 4.78 is 13.6. The van der Waals surface area contributed by atoms with Crippen LogP contribution in [-0.2, 0) is 0 Å². The van der Waals surface area contributed by atoms with E-state index in [0.717, 1.165) is 30.0 Å². The van der Waals surface area contributed by atoms with E-state index in [4.69, 9.17) is 0 Å². The first kappa shape index (κ1) is 17.3. The first-order chi connectivity index (χ1) is 9.54. The van der Waals surface area contributed by atoms with Crippen LogP contribution in [0.25, 0.3) is 0 Å². The Labute approximate surface area is 127 Å². The van der Waals surface area contributed by atoms with Gasteiger partial charge in [0.05, 0.1) is 0 Å². The summed E-state index contributed by atoms with van der Waals surface area (Å²) in [6, 6.07) is 5.75. The third-order valence-electron chi connectivity index (χ3n) is 3.72. The molecule has 2 unspecified atom stereocenters. The predicted molar refractivity (Wildman–Crippen MR) is 89.4 cm³/mol. The molecule has 1 N–H and O–H groups in total. The van der Waals surface area contributed by atoms with Gasteiger partial charge >= 0.3 is 0 Å². The SMILES string of the molecule is CCNC(C)c1cc(F)ccc1N(C)C(CC)CSC. The van der Waals surface area contributed by atoms with Crippen molar-refractivity contribution >= 4 is 17.4 Å². The van der Waals surface area contributed by atoms with Gasteiger partial charge < -0.3 is 10.2 Å². The molecule has 0 amide bonds. The maximum Gasteiger partial charge on any atom is 0.123 e. The van der Waals surface area contributed by atoms with Crippen molar-refractivity contribution in [3.8, 4) is 0 Å². The van der Waals surface area contributed by atoms with Crippen molar-refractivity contribution in [2.24, 2.45) is 0 Å². The highest BCUT2D eigenvalue weighted by molar-refractivity contribution is 7.98. The van der Waals surface area contributed by atoms with Crippen LogP contribution >= 0.6 is 11.8 Å². The van der Waals surface area contributed by atoms with Crippen LogP contribution < -0.4 is 10.2 Å². The summed E-state index contributed by atoms with van der Waals surface area (Å²) in [6.45, 7) is 7.24. The number of anilines is 1. The largest absolute Gasteiger partial charge is 0.371 e. The molecule has 0 saturated heterocycles. The average molecular weight is 298 g/mol. The first-order valence-electron chi connectivity index (χ1n) is 7.29. The molecule has 20 heavy (non-hydrogen) atoms. The first-order valence-corrected chi connectivity index (χ1v) is 8.69. The molecule has 0 spiro atoms. The van der Waals surface area contributed by atoms with Gasteiger partial charge in [-0.25, -0.2) is 4.39 Å². The zero-order valence-corrected chi connectivity index (χ0v) is 14.1. The quantitative estimate of drug-likeness (QED) is 0.778. The average Bonchev–Trinajstić information content (AvgIpc) is 2.44. The van der Waals surface area contributed by atoms with E-state index in [1.165, 1.54) is 0 Å². The fourth-order valence-electron chi connectivity index (χ4n) is 2.50. The maximum atomic E-state index is 13.6. The van der Waals surface area contributed by atoms with Gasteiger partial charge in [-0.1, -0.05) is 13.8 Å². The van der Waals surface area contributed by atoms with E-state index >= 15 is 0 Å². The van der Waals surface area contributed by atoms with E-state index in [1.807, 2.05) is 17.8 Å². The van der Waals surface area contributed by atoms with Gasteiger partial charge in [0.2, 0.25) is 0 Å². The minimum absolute atomic E-state index is 0.153. The van der Waals surface area contributed by atoms with Gasteiger partial charge in [-0.2, -0.15) is 11.8 Å². The summed E-state index contributed by atoms with van der Waals surface area (Å²) in [5.74, 6) is 0.916. The van der Waals surface area contributed by atoms with Gasteiger partial charge in [-0.15, -0.1) is 0 Å². The molecule has 1 aromatic carbocycles. The Morgan fingerprint density at radius 1 is 1.35 bits per heavy atom. The van der Waals surface area contributed by atoms with E-state index < -0.39 is 0 Å². The lowest BCUT2D eigenvalue weighted by Crippen LogP contribution is -2.34. The smallest absolute Gasteiger partial charge is 0.123 e. The van der Waals surface area contributed by atoms with E-state index in [-0.39, 0.29) is 11.9 Å². The van der Waals surface area contributed by atoms with Crippen LogP contribution in [0.2, 0.25) is 0 Å². The number of thioether (sulfide) groups is 1. The maximum absolute atomic E-state index is 13.6. The van der Waals surface area contributed by atoms with Gasteiger partial charge in [0, 0.05) is 30.6 Å². The molecule has 1 aromatic rings. The molecule has 2 nitrogen and oxygen atoms in total. The Balaban J connectivity index is 3.09. The summed E-state index contributed by atoms with van der Waals surface area (Å²) in [5.41, 5.74) is 2.16. The second-order valence-electron chi connectivity index (χ2n) is 5.11. The molecule has 1 rings (SSSR count). The standard InChI is InChI=1S/C16H27FN2S/c1-6-14(11-20-5)19(4)16-9-8-13(17)10-15(16)12(3)18-7-2/h8-10,12,14,18H,6-7,11H2,1-5H3. The van der Waals surface area contributed by atoms with E-state index in [0.29, 0.717) is 6.04 Å². The Morgan fingerprint density at radius 2 is 2.05 bits per heavy atom. The Kier molecular flexibility index (Phi) is 7.38. The number of rotatable bonds is 8. The van der Waals surface area contributed by atoms with Gasteiger partial charge in [0.15, 0.2) is 0 Å². The molecular formula is C16H27FN2S. The van der Waals surface area contributed by atoms with Crippen molar-refractivity contribution in [2.45, 2.75) is 39.3 Å². The number of halogens is 1. The fraction of sp³-hybridized carbons (Fsp3) is 0.625. The van der Waals surface area contributed by atoms with E-state index in [9.17, 15) is 4.39 Å². The Bertz CT molecular complexity index is 411. The Morgan fingerprint density at radius 3 is 2.60 bits per heavy atom. The fourth-order valence-corrected chi connectivity index (χ4v) is 3.35. The molecule has 114 valence electrons. The normalized spacial score (nSPS) is 14.1. The van der Waals surface area contributed by atoms with Crippen LogP contribution in [0.15, 0.2) is 18.2 Å². The lowest BCUT2D eigenvalue weighted by atomic mass is 10.0. The zero-order chi connectivity index (χ0) is 15.1. The monoisotopic (exact) mass is 298 g/mol. The van der Waals surface area contributed by atoms with Crippen LogP contribution in [-0.4, -0.2) is 31.6 Å². The molecule has 0 aliphatic carbocycles. The van der Waals surface area contributed by atoms with Crippen molar-refractivity contribution in [1.82, 2.24) is 5.32 Å². The highest BCUT2D eigenvalue weighted by atomic mass is 32.2. The summed E-state index contributed by atoms with van der Waals surface area (Å²) in [4.78, 5) is 2.29. The predicted octanol–water partition coefficient (Wildman–Crippen LogP) is 4.07. The molecule has 0 aromatic heterocycles. The Hall–Kier alpha value is -0.740. The summed E-state index contributed by atoms with van der Waals surface area (Å²) in [7, 11) is 2.11. The highest BCUT2D eigenvalue weighted by Crippen LogP contribution is 2.29. The van der Waals surface area contributed by atoms with Gasteiger partial charge in [0.25, 0.3) is 0 Å². The van der Waals surface area contributed by atoms with E-state index in [1.54, 1.807) is 12.1 Å². The third kappa shape index (κ3) is 4.38. The minimum atomic E-state index is -0.167. The lowest BCUT2D eigenvalue weighted by molar-refractivity contribution is 0.577. The number of nitrogens with zero attached hydrogens (tertiary/aromatic N) is 1. The highest BCUT2D eigenvalue weighted by Gasteiger charge is 2.19. The van der Waals surface area contributed by atoms with Crippen LogP contribution in [0.1, 0.15) is 38.8 Å². The van der Waals surface area contributed by atoms with Crippen molar-refractivity contribution in [3.63, 3.8) is 0 Å². The van der Waals surface area contributed by atoms with Crippen LogP contribution in [0.5, 0.6) is 0 Å². The third-order valence-corrected chi connectivity index (χ3v) is 4.44. The molecule has 0 fully saturated rings. The second-order valence-corrected chi connectivity index (χ2v) is 6.02. The summed E-state index contributed by atoms with van der Waals surface area (Å²) >= 11 is 1.85. The molecule has 0 radical (unpaired) electrons. The molecule has 4 heteroatoms. The summed E-state index contributed by atoms with van der Waals surface area (Å²) in [5, 5.41) is 3.37. The minimum Gasteiger partial charge on any atom is -0.371 e. The molecule has 2 atom stereocenters. The number of hydrogen-bond donors (Lipinski definition) is 1. The number of nitrogens with one attached hydrogen (secondary N) is 1. The molecular weight excluding hydrogens is 271 g/mol. The van der Waals surface area contributed by atoms with Crippen molar-refractivity contribution in [3.05, 3.63) is 29.6 Å². The van der Waals surface area contributed by atoms with Crippen molar-refractivity contribution in [1.29, 1.82) is 0 Å². The van der Waals surface area contributed by atoms with Crippen molar-refractivity contribution in [2.75, 3.05) is 30.5 Å². The molecule has 0 bridgehead atoms. The molecule has 0 aliphatic heterocycles. The topological polar surface area (TPSA) is 15.3 Å². The van der Waals surface area contributed by atoms with Crippen LogP contribution in [0, 0.1) is 5.82 Å². The summed E-state index contributed by atoms with van der Waals surface area (Å²) in [6.07, 6.45) is 3.22. The zero-order valence-electron chi connectivity index (χ0n) is 13.2. The van der Waals surface area contributed by atoms with Gasteiger partial charge in [-0.3, -0.25) is 0 Å². The second kappa shape index (κ2) is 8.53. The number of hydrogen-bond acceptors (Lipinski definition) is 3. The van der Waals surface area contributed by atoms with Crippen LogP contribution in [0.3, 0.4) is 0 Å². The molecule has 0 aliphatic rings. The lowest BCUT2D eigenvalue weighted by Gasteiger charge is -2.32. The number of benzene rings is 1.